The normalized spacial score (nSPS) is 10.4. The number of hydrogen-bond acceptors (Lipinski definition) is 7. The van der Waals surface area contributed by atoms with E-state index >= 15 is 0 Å². The van der Waals surface area contributed by atoms with Gasteiger partial charge < -0.3 is 14.8 Å². The predicted octanol–water partition coefficient (Wildman–Crippen LogP) is 2.22. The Morgan fingerprint density at radius 2 is 1.96 bits per heavy atom. The molecule has 3 aromatic rings. The molecule has 0 atom stereocenters. The Morgan fingerprint density at radius 1 is 1.18 bits per heavy atom. The molecule has 1 aromatic carbocycles. The Hall–Kier alpha value is -3.75. The van der Waals surface area contributed by atoms with Crippen LogP contribution in [0.3, 0.4) is 0 Å². The number of benzene rings is 1. The van der Waals surface area contributed by atoms with Crippen molar-refractivity contribution in [3.8, 4) is 5.88 Å². The Morgan fingerprint density at radius 3 is 2.71 bits per heavy atom. The third-order valence-corrected chi connectivity index (χ3v) is 3.77. The van der Waals surface area contributed by atoms with Crippen LogP contribution in [0.5, 0.6) is 5.88 Å². The summed E-state index contributed by atoms with van der Waals surface area (Å²) in [7, 11) is 1.60. The SMILES string of the molecule is CCOC(=O)c1cnn(C)c1NC(=O)c1cc(OCc2ccccc2)ncn1. The van der Waals surface area contributed by atoms with Gasteiger partial charge in [-0.3, -0.25) is 9.48 Å². The number of hydrogen-bond donors (Lipinski definition) is 1. The summed E-state index contributed by atoms with van der Waals surface area (Å²) < 4.78 is 12.0. The van der Waals surface area contributed by atoms with Crippen molar-refractivity contribution in [2.75, 3.05) is 11.9 Å². The second-order valence-corrected chi connectivity index (χ2v) is 5.72. The summed E-state index contributed by atoms with van der Waals surface area (Å²) in [6.45, 7) is 2.23. The fourth-order valence-electron chi connectivity index (χ4n) is 2.39. The van der Waals surface area contributed by atoms with Crippen molar-refractivity contribution in [2.24, 2.45) is 7.05 Å². The highest BCUT2D eigenvalue weighted by Crippen LogP contribution is 2.17. The Balaban J connectivity index is 1.72. The van der Waals surface area contributed by atoms with Gasteiger partial charge in [-0.15, -0.1) is 0 Å². The summed E-state index contributed by atoms with van der Waals surface area (Å²) >= 11 is 0. The van der Waals surface area contributed by atoms with E-state index < -0.39 is 11.9 Å². The number of rotatable bonds is 7. The number of anilines is 1. The molecule has 0 bridgehead atoms. The predicted molar refractivity (Wildman–Crippen MR) is 99.9 cm³/mol. The van der Waals surface area contributed by atoms with Gasteiger partial charge in [0.1, 0.15) is 30.0 Å². The number of carbonyl (C=O) groups is 2. The average molecular weight is 381 g/mol. The fraction of sp³-hybridized carbons (Fsp3) is 0.211. The molecule has 0 aliphatic heterocycles. The van der Waals surface area contributed by atoms with E-state index in [1.807, 2.05) is 30.3 Å². The van der Waals surface area contributed by atoms with Crippen LogP contribution < -0.4 is 10.1 Å². The minimum absolute atomic E-state index is 0.0917. The monoisotopic (exact) mass is 381 g/mol. The standard InChI is InChI=1S/C19H19N5O4/c1-3-27-19(26)14-10-22-24(2)17(14)23-18(25)15-9-16(21-12-20-15)28-11-13-7-5-4-6-8-13/h4-10,12H,3,11H2,1-2H3,(H,23,25). The van der Waals surface area contributed by atoms with Crippen LogP contribution in [-0.2, 0) is 18.4 Å². The Labute approximate surface area is 161 Å². The molecule has 9 nitrogen and oxygen atoms in total. The summed E-state index contributed by atoms with van der Waals surface area (Å²) in [6, 6.07) is 11.0. The van der Waals surface area contributed by atoms with E-state index in [1.54, 1.807) is 14.0 Å². The van der Waals surface area contributed by atoms with E-state index in [9.17, 15) is 9.59 Å². The second kappa shape index (κ2) is 8.76. The lowest BCUT2D eigenvalue weighted by molar-refractivity contribution is 0.0527. The van der Waals surface area contributed by atoms with Gasteiger partial charge in [0.2, 0.25) is 5.88 Å². The van der Waals surface area contributed by atoms with Gasteiger partial charge in [-0.2, -0.15) is 5.10 Å². The van der Waals surface area contributed by atoms with Crippen LogP contribution in [-0.4, -0.2) is 38.2 Å². The summed E-state index contributed by atoms with van der Waals surface area (Å²) in [5, 5.41) is 6.62. The van der Waals surface area contributed by atoms with Crippen molar-refractivity contribution in [1.82, 2.24) is 19.7 Å². The van der Waals surface area contributed by atoms with Crippen molar-refractivity contribution in [3.05, 3.63) is 65.7 Å². The van der Waals surface area contributed by atoms with Crippen molar-refractivity contribution in [3.63, 3.8) is 0 Å². The minimum Gasteiger partial charge on any atom is -0.473 e. The van der Waals surface area contributed by atoms with Gasteiger partial charge >= 0.3 is 5.97 Å². The van der Waals surface area contributed by atoms with Crippen molar-refractivity contribution < 1.29 is 19.1 Å². The largest absolute Gasteiger partial charge is 0.473 e. The molecule has 1 amide bonds. The highest BCUT2D eigenvalue weighted by molar-refractivity contribution is 6.06. The smallest absolute Gasteiger partial charge is 0.343 e. The topological polar surface area (TPSA) is 108 Å². The summed E-state index contributed by atoms with van der Waals surface area (Å²) in [6.07, 6.45) is 2.58. The van der Waals surface area contributed by atoms with Crippen molar-refractivity contribution in [1.29, 1.82) is 0 Å². The average Bonchev–Trinajstić information content (AvgIpc) is 3.08. The molecule has 9 heteroatoms. The molecule has 0 radical (unpaired) electrons. The van der Waals surface area contributed by atoms with Gasteiger partial charge in [0, 0.05) is 13.1 Å². The summed E-state index contributed by atoms with van der Waals surface area (Å²) in [4.78, 5) is 32.6. The lowest BCUT2D eigenvalue weighted by atomic mass is 10.2. The maximum atomic E-state index is 12.6. The molecule has 1 N–H and O–H groups in total. The molecule has 2 aromatic heterocycles. The number of carbonyl (C=O) groups excluding carboxylic acids is 2. The molecule has 0 saturated heterocycles. The van der Waals surface area contributed by atoms with Crippen LogP contribution in [0.1, 0.15) is 33.3 Å². The number of esters is 1. The zero-order valence-electron chi connectivity index (χ0n) is 15.5. The van der Waals surface area contributed by atoms with Crippen LogP contribution in [0.25, 0.3) is 0 Å². The molecule has 0 aliphatic rings. The van der Waals surface area contributed by atoms with E-state index in [1.165, 1.54) is 23.3 Å². The second-order valence-electron chi connectivity index (χ2n) is 5.72. The zero-order valence-corrected chi connectivity index (χ0v) is 15.5. The number of aromatic nitrogens is 4. The molecule has 0 aliphatic carbocycles. The molecule has 144 valence electrons. The maximum Gasteiger partial charge on any atom is 0.343 e. The van der Waals surface area contributed by atoms with E-state index in [2.05, 4.69) is 20.4 Å². The number of nitrogens with zero attached hydrogens (tertiary/aromatic N) is 4. The first-order valence-electron chi connectivity index (χ1n) is 8.57. The molecular formula is C19H19N5O4. The number of ether oxygens (including phenoxy) is 2. The molecule has 2 heterocycles. The summed E-state index contributed by atoms with van der Waals surface area (Å²) in [5.41, 5.74) is 1.22. The zero-order chi connectivity index (χ0) is 19.9. The molecule has 0 spiro atoms. The lowest BCUT2D eigenvalue weighted by Gasteiger charge is -2.09. The first kappa shape index (κ1) is 19.0. The highest BCUT2D eigenvalue weighted by atomic mass is 16.5. The number of amides is 1. The van der Waals surface area contributed by atoms with E-state index in [-0.39, 0.29) is 29.6 Å². The molecule has 0 fully saturated rings. The number of aryl methyl sites for hydroxylation is 1. The van der Waals surface area contributed by atoms with Crippen LogP contribution in [0.15, 0.2) is 48.9 Å². The van der Waals surface area contributed by atoms with E-state index in [0.29, 0.717) is 6.61 Å². The first-order valence-corrected chi connectivity index (χ1v) is 8.57. The van der Waals surface area contributed by atoms with Crippen molar-refractivity contribution in [2.45, 2.75) is 13.5 Å². The van der Waals surface area contributed by atoms with Gasteiger partial charge in [0.25, 0.3) is 5.91 Å². The van der Waals surface area contributed by atoms with E-state index in [0.717, 1.165) is 5.56 Å². The minimum atomic E-state index is -0.569. The van der Waals surface area contributed by atoms with Gasteiger partial charge in [-0.05, 0) is 12.5 Å². The van der Waals surface area contributed by atoms with Gasteiger partial charge in [-0.1, -0.05) is 30.3 Å². The van der Waals surface area contributed by atoms with Crippen LogP contribution in [0, 0.1) is 0 Å². The Bertz CT molecular complexity index is 971. The fourth-order valence-corrected chi connectivity index (χ4v) is 2.39. The molecule has 0 unspecified atom stereocenters. The van der Waals surface area contributed by atoms with Crippen LogP contribution in [0.2, 0.25) is 0 Å². The highest BCUT2D eigenvalue weighted by Gasteiger charge is 2.20. The van der Waals surface area contributed by atoms with Crippen molar-refractivity contribution >= 4 is 17.7 Å². The van der Waals surface area contributed by atoms with Gasteiger partial charge in [-0.25, -0.2) is 14.8 Å². The van der Waals surface area contributed by atoms with E-state index in [4.69, 9.17) is 9.47 Å². The number of nitrogens with one attached hydrogen (secondary N) is 1. The van der Waals surface area contributed by atoms with Gasteiger partial charge in [0.15, 0.2) is 0 Å². The third kappa shape index (κ3) is 4.50. The molecule has 3 rings (SSSR count). The van der Waals surface area contributed by atoms with Crippen LogP contribution >= 0.6 is 0 Å². The quantitative estimate of drug-likeness (QED) is 0.625. The Kier molecular flexibility index (Phi) is 5.95. The maximum absolute atomic E-state index is 12.6. The molecule has 0 saturated carbocycles. The third-order valence-electron chi connectivity index (χ3n) is 3.77. The summed E-state index contributed by atoms with van der Waals surface area (Å²) in [5.74, 6) is -0.616. The molecular weight excluding hydrogens is 362 g/mol. The lowest BCUT2D eigenvalue weighted by Crippen LogP contribution is -2.19. The van der Waals surface area contributed by atoms with Crippen LogP contribution in [0.4, 0.5) is 5.82 Å². The first-order chi connectivity index (χ1) is 13.6. The van der Waals surface area contributed by atoms with Gasteiger partial charge in [0.05, 0.1) is 12.8 Å². The molecule has 28 heavy (non-hydrogen) atoms.